The van der Waals surface area contributed by atoms with Crippen molar-refractivity contribution in [2.24, 2.45) is 0 Å². The number of carboxylic acid groups (broad SMARTS) is 1. The van der Waals surface area contributed by atoms with E-state index < -0.39 is 5.97 Å². The summed E-state index contributed by atoms with van der Waals surface area (Å²) in [6, 6.07) is 7.26. The van der Waals surface area contributed by atoms with E-state index in [1.54, 1.807) is 17.0 Å². The number of anilines is 1. The maximum atomic E-state index is 11.1. The van der Waals surface area contributed by atoms with Crippen LogP contribution in [0.5, 0.6) is 0 Å². The molecule has 21 heavy (non-hydrogen) atoms. The molecule has 1 saturated heterocycles. The molecule has 1 heterocycles. The fraction of sp³-hybridized carbons (Fsp3) is 0.533. The second kappa shape index (κ2) is 7.64. The van der Waals surface area contributed by atoms with Crippen LogP contribution in [-0.2, 0) is 9.53 Å². The number of aliphatic carboxylic acids is 1. The Labute approximate surface area is 130 Å². The SMILES string of the molecule is CCN1CCOC(CN(CC(=O)O)c2cccc(Cl)c2)C1. The molecule has 1 aromatic rings. The number of likely N-dealkylation sites (N-methyl/N-ethyl adjacent to an activating group) is 1. The highest BCUT2D eigenvalue weighted by Gasteiger charge is 2.23. The van der Waals surface area contributed by atoms with Crippen molar-refractivity contribution in [3.05, 3.63) is 29.3 Å². The second-order valence-corrected chi connectivity index (χ2v) is 5.58. The van der Waals surface area contributed by atoms with Gasteiger partial charge < -0.3 is 14.7 Å². The summed E-state index contributed by atoms with van der Waals surface area (Å²) in [5, 5.41) is 9.72. The summed E-state index contributed by atoms with van der Waals surface area (Å²) in [7, 11) is 0. The van der Waals surface area contributed by atoms with Gasteiger partial charge in [0.15, 0.2) is 0 Å². The van der Waals surface area contributed by atoms with Crippen LogP contribution < -0.4 is 4.90 Å². The third kappa shape index (κ3) is 4.88. The van der Waals surface area contributed by atoms with Crippen molar-refractivity contribution in [2.75, 3.05) is 44.2 Å². The maximum absolute atomic E-state index is 11.1. The molecule has 0 aliphatic carbocycles. The third-order valence-corrected chi connectivity index (χ3v) is 3.83. The predicted octanol–water partition coefficient (Wildman–Crippen LogP) is 1.95. The summed E-state index contributed by atoms with van der Waals surface area (Å²) in [4.78, 5) is 15.2. The first-order valence-electron chi connectivity index (χ1n) is 7.14. The zero-order valence-corrected chi connectivity index (χ0v) is 12.9. The van der Waals surface area contributed by atoms with Crippen LogP contribution in [0.4, 0.5) is 5.69 Å². The summed E-state index contributed by atoms with van der Waals surface area (Å²) in [5.41, 5.74) is 0.808. The van der Waals surface area contributed by atoms with Crippen molar-refractivity contribution in [3.8, 4) is 0 Å². The molecule has 0 radical (unpaired) electrons. The molecule has 2 rings (SSSR count). The lowest BCUT2D eigenvalue weighted by atomic mass is 10.2. The summed E-state index contributed by atoms with van der Waals surface area (Å²) >= 11 is 6.00. The summed E-state index contributed by atoms with van der Waals surface area (Å²) in [6.07, 6.45) is 0.0111. The van der Waals surface area contributed by atoms with Gasteiger partial charge in [-0.05, 0) is 24.7 Å². The zero-order valence-electron chi connectivity index (χ0n) is 12.2. The van der Waals surface area contributed by atoms with Crippen LogP contribution in [0.2, 0.25) is 5.02 Å². The molecule has 1 aliphatic rings. The van der Waals surface area contributed by atoms with Crippen LogP contribution >= 0.6 is 11.6 Å². The second-order valence-electron chi connectivity index (χ2n) is 5.14. The molecule has 1 N–H and O–H groups in total. The molecule has 0 saturated carbocycles. The lowest BCUT2D eigenvalue weighted by Crippen LogP contribution is -2.48. The Morgan fingerprint density at radius 2 is 2.38 bits per heavy atom. The largest absolute Gasteiger partial charge is 0.480 e. The van der Waals surface area contributed by atoms with Crippen molar-refractivity contribution in [1.29, 1.82) is 0 Å². The van der Waals surface area contributed by atoms with E-state index in [1.807, 2.05) is 12.1 Å². The van der Waals surface area contributed by atoms with E-state index in [1.165, 1.54) is 0 Å². The highest BCUT2D eigenvalue weighted by molar-refractivity contribution is 6.30. The van der Waals surface area contributed by atoms with Gasteiger partial charge in [-0.15, -0.1) is 0 Å². The Kier molecular flexibility index (Phi) is 5.85. The zero-order chi connectivity index (χ0) is 15.2. The molecular weight excluding hydrogens is 292 g/mol. The first-order chi connectivity index (χ1) is 10.1. The topological polar surface area (TPSA) is 53.0 Å². The number of carboxylic acids is 1. The molecule has 0 spiro atoms. The van der Waals surface area contributed by atoms with Crippen LogP contribution in [0.25, 0.3) is 0 Å². The van der Waals surface area contributed by atoms with Crippen LogP contribution in [0, 0.1) is 0 Å². The van der Waals surface area contributed by atoms with Crippen LogP contribution in [0.1, 0.15) is 6.92 Å². The summed E-state index contributed by atoms with van der Waals surface area (Å²) in [5.74, 6) is -0.863. The Balaban J connectivity index is 2.07. The summed E-state index contributed by atoms with van der Waals surface area (Å²) in [6.45, 7) is 6.03. The first kappa shape index (κ1) is 16.1. The van der Waals surface area contributed by atoms with Gasteiger partial charge in [-0.25, -0.2) is 0 Å². The molecule has 6 heteroatoms. The van der Waals surface area contributed by atoms with E-state index in [0.29, 0.717) is 18.2 Å². The quantitative estimate of drug-likeness (QED) is 0.870. The van der Waals surface area contributed by atoms with Gasteiger partial charge in [-0.2, -0.15) is 0 Å². The average Bonchev–Trinajstić information content (AvgIpc) is 2.46. The van der Waals surface area contributed by atoms with Crippen LogP contribution in [0.3, 0.4) is 0 Å². The number of hydrogen-bond acceptors (Lipinski definition) is 4. The molecule has 1 aliphatic heterocycles. The molecule has 116 valence electrons. The van der Waals surface area contributed by atoms with Crippen molar-refractivity contribution in [1.82, 2.24) is 4.90 Å². The molecule has 1 aromatic carbocycles. The van der Waals surface area contributed by atoms with E-state index in [4.69, 9.17) is 21.4 Å². The Bertz CT molecular complexity index is 484. The monoisotopic (exact) mass is 312 g/mol. The van der Waals surface area contributed by atoms with Gasteiger partial charge in [0.05, 0.1) is 12.7 Å². The lowest BCUT2D eigenvalue weighted by Gasteiger charge is -2.35. The molecule has 0 amide bonds. The molecular formula is C15H21ClN2O3. The smallest absolute Gasteiger partial charge is 0.323 e. The van der Waals surface area contributed by atoms with E-state index in [2.05, 4.69) is 11.8 Å². The van der Waals surface area contributed by atoms with Crippen molar-refractivity contribution < 1.29 is 14.6 Å². The number of morpholine rings is 1. The van der Waals surface area contributed by atoms with Gasteiger partial charge in [0.25, 0.3) is 0 Å². The van der Waals surface area contributed by atoms with Gasteiger partial charge in [0.1, 0.15) is 6.54 Å². The molecule has 1 atom stereocenters. The van der Waals surface area contributed by atoms with Crippen molar-refractivity contribution in [2.45, 2.75) is 13.0 Å². The Hall–Kier alpha value is -1.30. The predicted molar refractivity (Wildman–Crippen MR) is 83.2 cm³/mol. The molecule has 1 fully saturated rings. The Morgan fingerprint density at radius 1 is 1.57 bits per heavy atom. The van der Waals surface area contributed by atoms with E-state index in [9.17, 15) is 4.79 Å². The molecule has 5 nitrogen and oxygen atoms in total. The third-order valence-electron chi connectivity index (χ3n) is 3.59. The van der Waals surface area contributed by atoms with Crippen LogP contribution in [0.15, 0.2) is 24.3 Å². The maximum Gasteiger partial charge on any atom is 0.323 e. The van der Waals surface area contributed by atoms with Gasteiger partial charge in [-0.3, -0.25) is 9.69 Å². The number of halogens is 1. The minimum Gasteiger partial charge on any atom is -0.480 e. The number of hydrogen-bond donors (Lipinski definition) is 1. The number of nitrogens with zero attached hydrogens (tertiary/aromatic N) is 2. The minimum atomic E-state index is -0.863. The molecule has 1 unspecified atom stereocenters. The van der Waals surface area contributed by atoms with Gasteiger partial charge in [-0.1, -0.05) is 24.6 Å². The van der Waals surface area contributed by atoms with E-state index in [0.717, 1.165) is 25.3 Å². The number of rotatable bonds is 6. The van der Waals surface area contributed by atoms with Crippen molar-refractivity contribution >= 4 is 23.3 Å². The first-order valence-corrected chi connectivity index (χ1v) is 7.52. The Morgan fingerprint density at radius 3 is 3.05 bits per heavy atom. The number of benzene rings is 1. The molecule has 0 aromatic heterocycles. The minimum absolute atomic E-state index is 0.0111. The summed E-state index contributed by atoms with van der Waals surface area (Å²) < 4.78 is 5.76. The van der Waals surface area contributed by atoms with Crippen LogP contribution in [-0.4, -0.2) is 61.4 Å². The average molecular weight is 313 g/mol. The number of ether oxygens (including phenoxy) is 1. The van der Waals surface area contributed by atoms with Gasteiger partial charge >= 0.3 is 5.97 Å². The van der Waals surface area contributed by atoms with Gasteiger partial charge in [0.2, 0.25) is 0 Å². The number of carbonyl (C=O) groups is 1. The highest BCUT2D eigenvalue weighted by Crippen LogP contribution is 2.20. The normalized spacial score (nSPS) is 19.4. The lowest BCUT2D eigenvalue weighted by molar-refractivity contribution is -0.135. The van der Waals surface area contributed by atoms with Crippen molar-refractivity contribution in [3.63, 3.8) is 0 Å². The standard InChI is InChI=1S/C15H21ClN2O3/c1-2-17-6-7-21-14(9-17)10-18(11-15(19)20)13-5-3-4-12(16)8-13/h3-5,8,14H,2,6-7,9-11H2,1H3,(H,19,20). The van der Waals surface area contributed by atoms with E-state index >= 15 is 0 Å². The fourth-order valence-corrected chi connectivity index (χ4v) is 2.71. The highest BCUT2D eigenvalue weighted by atomic mass is 35.5. The van der Waals surface area contributed by atoms with Gasteiger partial charge in [0, 0.05) is 30.3 Å². The fourth-order valence-electron chi connectivity index (χ4n) is 2.52. The molecule has 0 bridgehead atoms. The van der Waals surface area contributed by atoms with E-state index in [-0.39, 0.29) is 12.6 Å².